The van der Waals surface area contributed by atoms with E-state index < -0.39 is 0 Å². The molecule has 7 heteroatoms. The third kappa shape index (κ3) is 5.19. The van der Waals surface area contributed by atoms with E-state index >= 15 is 0 Å². The fourth-order valence-corrected chi connectivity index (χ4v) is 4.23. The maximum Gasteiger partial charge on any atom is 0.205 e. The van der Waals surface area contributed by atoms with E-state index in [4.69, 9.17) is 10.1 Å². The van der Waals surface area contributed by atoms with Crippen molar-refractivity contribution in [3.05, 3.63) is 102 Å². The molecule has 2 heterocycles. The topological polar surface area (TPSA) is 85.2 Å². The highest BCUT2D eigenvalue weighted by Gasteiger charge is 2.23. The van der Waals surface area contributed by atoms with E-state index in [9.17, 15) is 0 Å². The van der Waals surface area contributed by atoms with Gasteiger partial charge in [-0.2, -0.15) is 10.3 Å². The van der Waals surface area contributed by atoms with Crippen LogP contribution in [0.5, 0.6) is 0 Å². The number of nitrogens with one attached hydrogen (secondary N) is 1. The lowest BCUT2D eigenvalue weighted by Crippen LogP contribution is -2.20. The summed E-state index contributed by atoms with van der Waals surface area (Å²) in [6.45, 7) is 7.24. The van der Waals surface area contributed by atoms with Crippen LogP contribution in [0.15, 0.2) is 78.9 Å². The van der Waals surface area contributed by atoms with Crippen molar-refractivity contribution in [3.8, 4) is 22.5 Å². The van der Waals surface area contributed by atoms with Gasteiger partial charge in [0, 0.05) is 17.4 Å². The van der Waals surface area contributed by atoms with Crippen molar-refractivity contribution >= 4 is 0 Å². The van der Waals surface area contributed by atoms with Gasteiger partial charge in [0.05, 0.1) is 6.54 Å². The van der Waals surface area contributed by atoms with E-state index in [1.807, 2.05) is 24.3 Å². The maximum atomic E-state index is 4.93. The lowest BCUT2D eigenvalue weighted by Gasteiger charge is -2.18. The molecular weight excluding hydrogens is 434 g/mol. The van der Waals surface area contributed by atoms with Crippen LogP contribution in [0.25, 0.3) is 22.5 Å². The number of aromatic nitrogens is 7. The van der Waals surface area contributed by atoms with Crippen LogP contribution in [0, 0.1) is 0 Å². The Morgan fingerprint density at radius 2 is 1.49 bits per heavy atom. The van der Waals surface area contributed by atoms with Crippen molar-refractivity contribution in [2.24, 2.45) is 0 Å². The zero-order valence-corrected chi connectivity index (χ0v) is 20.3. The van der Waals surface area contributed by atoms with Gasteiger partial charge in [-0.3, -0.25) is 0 Å². The van der Waals surface area contributed by atoms with Crippen LogP contribution in [0.4, 0.5) is 0 Å². The molecule has 0 aliphatic carbocycles. The number of H-pyrrole nitrogens is 1. The molecule has 0 radical (unpaired) electrons. The number of tetrazole rings is 1. The fraction of sp³-hybridized carbons (Fsp3) is 0.250. The van der Waals surface area contributed by atoms with Crippen molar-refractivity contribution in [1.82, 2.24) is 35.4 Å². The number of hydrogen-bond acceptors (Lipinski definition) is 5. The normalized spacial score (nSPS) is 11.6. The second kappa shape index (κ2) is 9.62. The third-order valence-corrected chi connectivity index (χ3v) is 5.98. The average Bonchev–Trinajstić information content (AvgIpc) is 3.54. The van der Waals surface area contributed by atoms with E-state index in [-0.39, 0.29) is 5.41 Å². The van der Waals surface area contributed by atoms with E-state index in [0.29, 0.717) is 12.4 Å². The Kier molecular flexibility index (Phi) is 6.23. The number of nitrogens with zero attached hydrogens (tertiary/aromatic N) is 6. The average molecular weight is 464 g/mol. The molecule has 0 fully saturated rings. The van der Waals surface area contributed by atoms with Crippen LogP contribution in [-0.2, 0) is 24.8 Å². The summed E-state index contributed by atoms with van der Waals surface area (Å²) >= 11 is 0. The minimum Gasteiger partial charge on any atom is -0.245 e. The summed E-state index contributed by atoms with van der Waals surface area (Å²) in [6.07, 6.45) is 1.76. The lowest BCUT2D eigenvalue weighted by atomic mass is 9.95. The smallest absolute Gasteiger partial charge is 0.205 e. The van der Waals surface area contributed by atoms with Crippen molar-refractivity contribution in [3.63, 3.8) is 0 Å². The molecule has 3 aromatic carbocycles. The first-order chi connectivity index (χ1) is 17.0. The largest absolute Gasteiger partial charge is 0.245 e. The minimum atomic E-state index is -0.0958. The highest BCUT2D eigenvalue weighted by molar-refractivity contribution is 5.80. The van der Waals surface area contributed by atoms with Crippen molar-refractivity contribution in [1.29, 1.82) is 0 Å². The predicted octanol–water partition coefficient (Wildman–Crippen LogP) is 5.26. The van der Waals surface area contributed by atoms with Gasteiger partial charge in [-0.25, -0.2) is 9.67 Å². The Labute approximate surface area is 205 Å². The first-order valence-electron chi connectivity index (χ1n) is 11.9. The Bertz CT molecular complexity index is 1380. The highest BCUT2D eigenvalue weighted by Crippen LogP contribution is 2.30. The molecule has 0 aliphatic rings. The van der Waals surface area contributed by atoms with Gasteiger partial charge in [0.1, 0.15) is 5.82 Å². The maximum absolute atomic E-state index is 4.93. The molecule has 0 spiro atoms. The molecule has 0 saturated heterocycles. The van der Waals surface area contributed by atoms with Crippen LogP contribution >= 0.6 is 0 Å². The SMILES string of the molecule is CC(C)(C)c1nc(CCc2ccccc2)nn1Cc1ccc(-c2ccccc2-c2nn[nH]n2)cc1. The number of aryl methyl sites for hydroxylation is 2. The molecule has 0 bridgehead atoms. The van der Waals surface area contributed by atoms with Crippen LogP contribution in [0.3, 0.4) is 0 Å². The molecule has 0 amide bonds. The van der Waals surface area contributed by atoms with E-state index in [2.05, 4.69) is 101 Å². The van der Waals surface area contributed by atoms with Gasteiger partial charge < -0.3 is 0 Å². The summed E-state index contributed by atoms with van der Waals surface area (Å²) in [6, 6.07) is 27.2. The van der Waals surface area contributed by atoms with Gasteiger partial charge >= 0.3 is 0 Å². The summed E-state index contributed by atoms with van der Waals surface area (Å²) in [7, 11) is 0. The Hall–Kier alpha value is -4.13. The number of aromatic amines is 1. The molecule has 5 rings (SSSR count). The summed E-state index contributed by atoms with van der Waals surface area (Å²) in [5.41, 5.74) is 5.51. The molecule has 0 unspecified atom stereocenters. The second-order valence-corrected chi connectivity index (χ2v) is 9.72. The van der Waals surface area contributed by atoms with Crippen LogP contribution < -0.4 is 0 Å². The summed E-state index contributed by atoms with van der Waals surface area (Å²) in [4.78, 5) is 4.93. The number of rotatable bonds is 7. The molecule has 176 valence electrons. The molecule has 5 aromatic rings. The Balaban J connectivity index is 1.37. The molecule has 2 aromatic heterocycles. The number of benzene rings is 3. The summed E-state index contributed by atoms with van der Waals surface area (Å²) in [5.74, 6) is 2.49. The predicted molar refractivity (Wildman–Crippen MR) is 137 cm³/mol. The van der Waals surface area contributed by atoms with Crippen molar-refractivity contribution in [2.45, 2.75) is 45.6 Å². The zero-order chi connectivity index (χ0) is 24.3. The van der Waals surface area contributed by atoms with E-state index in [0.717, 1.165) is 41.2 Å². The van der Waals surface area contributed by atoms with Crippen molar-refractivity contribution in [2.75, 3.05) is 0 Å². The minimum absolute atomic E-state index is 0.0958. The third-order valence-electron chi connectivity index (χ3n) is 5.98. The monoisotopic (exact) mass is 463 g/mol. The fourth-order valence-electron chi connectivity index (χ4n) is 4.23. The molecule has 0 aliphatic heterocycles. The standard InChI is InChI=1S/C28H29N7/c1-28(2,3)27-29-25(18-15-20-9-5-4-6-10-20)32-35(27)19-21-13-16-22(17-14-21)23-11-7-8-12-24(23)26-30-33-34-31-26/h4-14,16-17H,15,18-19H2,1-3H3,(H,30,31,33,34). The molecule has 1 N–H and O–H groups in total. The summed E-state index contributed by atoms with van der Waals surface area (Å²) < 4.78 is 2.06. The lowest BCUT2D eigenvalue weighted by molar-refractivity contribution is 0.490. The van der Waals surface area contributed by atoms with E-state index in [1.165, 1.54) is 11.1 Å². The van der Waals surface area contributed by atoms with E-state index in [1.54, 1.807) is 0 Å². The van der Waals surface area contributed by atoms with Crippen LogP contribution in [0.1, 0.15) is 43.5 Å². The van der Waals surface area contributed by atoms with Gasteiger partial charge in [0.25, 0.3) is 0 Å². The molecule has 0 atom stereocenters. The van der Waals surface area contributed by atoms with Gasteiger partial charge in [0.2, 0.25) is 5.82 Å². The Morgan fingerprint density at radius 1 is 0.771 bits per heavy atom. The zero-order valence-electron chi connectivity index (χ0n) is 20.3. The summed E-state index contributed by atoms with van der Waals surface area (Å²) in [5, 5.41) is 19.4. The van der Waals surface area contributed by atoms with Crippen LogP contribution in [-0.4, -0.2) is 35.4 Å². The van der Waals surface area contributed by atoms with Gasteiger partial charge in [-0.05, 0) is 33.9 Å². The quantitative estimate of drug-likeness (QED) is 0.356. The second-order valence-electron chi connectivity index (χ2n) is 9.72. The van der Waals surface area contributed by atoms with Gasteiger partial charge in [-0.1, -0.05) is 99.6 Å². The van der Waals surface area contributed by atoms with Crippen molar-refractivity contribution < 1.29 is 0 Å². The molecule has 0 saturated carbocycles. The Morgan fingerprint density at radius 3 is 2.17 bits per heavy atom. The molecular formula is C28H29N7. The van der Waals surface area contributed by atoms with Gasteiger partial charge in [0.15, 0.2) is 5.82 Å². The molecule has 7 nitrogen and oxygen atoms in total. The molecule has 35 heavy (non-hydrogen) atoms. The number of hydrogen-bond donors (Lipinski definition) is 1. The van der Waals surface area contributed by atoms with Gasteiger partial charge in [-0.15, -0.1) is 10.2 Å². The van der Waals surface area contributed by atoms with Crippen LogP contribution in [0.2, 0.25) is 0 Å². The first-order valence-corrected chi connectivity index (χ1v) is 11.9. The highest BCUT2D eigenvalue weighted by atomic mass is 15.5. The first kappa shape index (κ1) is 22.7.